The third kappa shape index (κ3) is 3.88. The lowest BCUT2D eigenvalue weighted by Crippen LogP contribution is -2.49. The third-order valence-corrected chi connectivity index (χ3v) is 5.42. The lowest BCUT2D eigenvalue weighted by atomic mass is 10.1. The van der Waals surface area contributed by atoms with Gasteiger partial charge < -0.3 is 9.42 Å². The van der Waals surface area contributed by atoms with E-state index in [4.69, 9.17) is 16.1 Å². The van der Waals surface area contributed by atoms with Crippen molar-refractivity contribution in [2.24, 2.45) is 0 Å². The molecule has 1 aliphatic rings. The number of rotatable bonds is 4. The molecule has 0 spiro atoms. The van der Waals surface area contributed by atoms with E-state index in [1.807, 2.05) is 36.9 Å². The maximum atomic E-state index is 12.6. The number of aryl methyl sites for hydroxylation is 2. The normalized spacial score (nSPS) is 16.9. The number of piperazine rings is 1. The van der Waals surface area contributed by atoms with Gasteiger partial charge in [0.1, 0.15) is 5.76 Å². The number of benzene rings is 1. The Morgan fingerprint density at radius 2 is 1.92 bits per heavy atom. The van der Waals surface area contributed by atoms with Gasteiger partial charge in [0.05, 0.1) is 12.1 Å². The Morgan fingerprint density at radius 3 is 2.52 bits per heavy atom. The van der Waals surface area contributed by atoms with Gasteiger partial charge >= 0.3 is 0 Å². The van der Waals surface area contributed by atoms with E-state index in [9.17, 15) is 4.79 Å². The highest BCUT2D eigenvalue weighted by Gasteiger charge is 2.26. The van der Waals surface area contributed by atoms with Crippen LogP contribution in [0.15, 0.2) is 28.8 Å². The highest BCUT2D eigenvalue weighted by Crippen LogP contribution is 2.28. The van der Waals surface area contributed by atoms with Crippen LogP contribution < -0.4 is 0 Å². The molecule has 2 heterocycles. The molecule has 134 valence electrons. The summed E-state index contributed by atoms with van der Waals surface area (Å²) >= 11 is 6.32. The molecule has 0 aliphatic carbocycles. The molecule has 1 fully saturated rings. The molecule has 0 radical (unpaired) electrons. The fourth-order valence-electron chi connectivity index (χ4n) is 3.39. The highest BCUT2D eigenvalue weighted by molar-refractivity contribution is 6.31. The molecule has 0 N–H and O–H groups in total. The van der Waals surface area contributed by atoms with Crippen LogP contribution in [0.4, 0.5) is 0 Å². The zero-order chi connectivity index (χ0) is 18.0. The predicted molar refractivity (Wildman–Crippen MR) is 97.7 cm³/mol. The minimum Gasteiger partial charge on any atom is -0.361 e. The second kappa shape index (κ2) is 7.58. The number of hydrogen-bond acceptors (Lipinski definition) is 4. The van der Waals surface area contributed by atoms with Crippen LogP contribution in [0.25, 0.3) is 0 Å². The number of nitrogens with zero attached hydrogens (tertiary/aromatic N) is 3. The van der Waals surface area contributed by atoms with Crippen LogP contribution in [-0.2, 0) is 11.2 Å². The Morgan fingerprint density at radius 1 is 1.24 bits per heavy atom. The fourth-order valence-corrected chi connectivity index (χ4v) is 3.68. The smallest absolute Gasteiger partial charge is 0.227 e. The van der Waals surface area contributed by atoms with Crippen molar-refractivity contribution in [1.82, 2.24) is 15.0 Å². The quantitative estimate of drug-likeness (QED) is 0.837. The summed E-state index contributed by atoms with van der Waals surface area (Å²) in [5.41, 5.74) is 2.85. The van der Waals surface area contributed by atoms with Crippen molar-refractivity contribution in [3.63, 3.8) is 0 Å². The largest absolute Gasteiger partial charge is 0.361 e. The van der Waals surface area contributed by atoms with Crippen molar-refractivity contribution in [3.05, 3.63) is 51.9 Å². The van der Waals surface area contributed by atoms with Gasteiger partial charge in [0, 0.05) is 42.8 Å². The molecule has 3 rings (SSSR count). The zero-order valence-electron chi connectivity index (χ0n) is 15.0. The Labute approximate surface area is 153 Å². The third-order valence-electron chi connectivity index (χ3n) is 5.08. The second-order valence-electron chi connectivity index (χ2n) is 6.59. The van der Waals surface area contributed by atoms with E-state index < -0.39 is 0 Å². The minimum atomic E-state index is 0.138. The Hall–Kier alpha value is -1.85. The molecule has 1 aromatic heterocycles. The summed E-state index contributed by atoms with van der Waals surface area (Å²) in [5, 5.41) is 4.72. The summed E-state index contributed by atoms with van der Waals surface area (Å²) < 4.78 is 5.15. The molecule has 1 aromatic carbocycles. The highest BCUT2D eigenvalue weighted by atomic mass is 35.5. The molecule has 1 aliphatic heterocycles. The van der Waals surface area contributed by atoms with Gasteiger partial charge in [-0.25, -0.2) is 0 Å². The fraction of sp³-hybridized carbons (Fsp3) is 0.474. The van der Waals surface area contributed by atoms with Crippen molar-refractivity contribution in [2.75, 3.05) is 26.2 Å². The van der Waals surface area contributed by atoms with Crippen LogP contribution in [0.2, 0.25) is 5.02 Å². The predicted octanol–water partition coefficient (Wildman–Crippen LogP) is 3.39. The van der Waals surface area contributed by atoms with Crippen LogP contribution in [-0.4, -0.2) is 47.0 Å². The van der Waals surface area contributed by atoms with Gasteiger partial charge in [0.15, 0.2) is 0 Å². The first-order valence-electron chi connectivity index (χ1n) is 8.65. The van der Waals surface area contributed by atoms with E-state index in [0.29, 0.717) is 6.42 Å². The monoisotopic (exact) mass is 361 g/mol. The maximum absolute atomic E-state index is 12.6. The van der Waals surface area contributed by atoms with Gasteiger partial charge in [-0.15, -0.1) is 0 Å². The Balaban J connectivity index is 1.58. The van der Waals surface area contributed by atoms with Crippen LogP contribution in [0.3, 0.4) is 0 Å². The average Bonchev–Trinajstić information content (AvgIpc) is 2.93. The maximum Gasteiger partial charge on any atom is 0.227 e. The standard InChI is InChI=1S/C19H24ClN3O2/c1-13-17(15(3)25-21-13)12-19(24)23-10-8-22(9-11-23)14(2)16-6-4-5-7-18(16)20/h4-7,14H,8-12H2,1-3H3. The van der Waals surface area contributed by atoms with Crippen molar-refractivity contribution in [3.8, 4) is 0 Å². The lowest BCUT2D eigenvalue weighted by molar-refractivity contribution is -0.132. The molecule has 25 heavy (non-hydrogen) atoms. The first-order valence-corrected chi connectivity index (χ1v) is 9.03. The Bertz CT molecular complexity index is 731. The molecule has 1 amide bonds. The molecule has 2 aromatic rings. The SMILES string of the molecule is Cc1noc(C)c1CC(=O)N1CCN(C(C)c2ccccc2Cl)CC1. The number of halogens is 1. The van der Waals surface area contributed by atoms with Gasteiger partial charge in [-0.2, -0.15) is 0 Å². The van der Waals surface area contributed by atoms with Crippen LogP contribution >= 0.6 is 11.6 Å². The number of carbonyl (C=O) groups is 1. The summed E-state index contributed by atoms with van der Waals surface area (Å²) in [6, 6.07) is 8.21. The van der Waals surface area contributed by atoms with Crippen LogP contribution in [0, 0.1) is 13.8 Å². The van der Waals surface area contributed by atoms with Gasteiger partial charge in [0.25, 0.3) is 0 Å². The number of aromatic nitrogens is 1. The summed E-state index contributed by atoms with van der Waals surface area (Å²) in [6.45, 7) is 9.06. The zero-order valence-corrected chi connectivity index (χ0v) is 15.7. The number of hydrogen-bond donors (Lipinski definition) is 0. The van der Waals surface area contributed by atoms with Gasteiger partial charge in [0.2, 0.25) is 5.91 Å². The summed E-state index contributed by atoms with van der Waals surface area (Å²) in [6.07, 6.45) is 0.362. The van der Waals surface area contributed by atoms with Crippen LogP contribution in [0.5, 0.6) is 0 Å². The molecule has 1 atom stereocenters. The van der Waals surface area contributed by atoms with E-state index >= 15 is 0 Å². The van der Waals surface area contributed by atoms with E-state index in [-0.39, 0.29) is 11.9 Å². The van der Waals surface area contributed by atoms with E-state index in [0.717, 1.165) is 53.8 Å². The summed E-state index contributed by atoms with van der Waals surface area (Å²) in [4.78, 5) is 16.9. The van der Waals surface area contributed by atoms with Crippen LogP contribution in [0.1, 0.15) is 35.5 Å². The molecule has 6 heteroatoms. The molecular formula is C19H24ClN3O2. The van der Waals surface area contributed by atoms with Gasteiger partial charge in [-0.1, -0.05) is 35.0 Å². The number of carbonyl (C=O) groups excluding carboxylic acids is 1. The molecule has 1 unspecified atom stereocenters. The summed E-state index contributed by atoms with van der Waals surface area (Å²) in [5.74, 6) is 0.872. The van der Waals surface area contributed by atoms with Crippen molar-refractivity contribution < 1.29 is 9.32 Å². The first-order chi connectivity index (χ1) is 12.0. The van der Waals surface area contributed by atoms with Crippen molar-refractivity contribution in [1.29, 1.82) is 0 Å². The Kier molecular flexibility index (Phi) is 5.45. The first kappa shape index (κ1) is 18.0. The second-order valence-corrected chi connectivity index (χ2v) is 7.00. The van der Waals surface area contributed by atoms with Gasteiger partial charge in [-0.05, 0) is 32.4 Å². The number of amides is 1. The van der Waals surface area contributed by atoms with Crippen molar-refractivity contribution in [2.45, 2.75) is 33.2 Å². The average molecular weight is 362 g/mol. The molecular weight excluding hydrogens is 338 g/mol. The van der Waals surface area contributed by atoms with Crippen molar-refractivity contribution >= 4 is 17.5 Å². The van der Waals surface area contributed by atoms with E-state index in [2.05, 4.69) is 23.0 Å². The molecule has 5 nitrogen and oxygen atoms in total. The topological polar surface area (TPSA) is 49.6 Å². The molecule has 1 saturated heterocycles. The molecule has 0 bridgehead atoms. The minimum absolute atomic E-state index is 0.138. The summed E-state index contributed by atoms with van der Waals surface area (Å²) in [7, 11) is 0. The van der Waals surface area contributed by atoms with E-state index in [1.54, 1.807) is 0 Å². The van der Waals surface area contributed by atoms with Gasteiger partial charge in [-0.3, -0.25) is 9.69 Å². The van der Waals surface area contributed by atoms with E-state index in [1.165, 1.54) is 0 Å². The lowest BCUT2D eigenvalue weighted by Gasteiger charge is -2.38. The molecule has 0 saturated carbocycles.